The lowest BCUT2D eigenvalue weighted by Gasteiger charge is -2.14. The molecule has 3 aromatic rings. The molecular weight excluding hydrogens is 377 g/mol. The average molecular weight is 392 g/mol. The average Bonchev–Trinajstić information content (AvgIpc) is 2.59. The predicted octanol–water partition coefficient (Wildman–Crippen LogP) is 3.30. The molecule has 1 aromatic carbocycles. The minimum atomic E-state index is -1.65. The van der Waals surface area contributed by atoms with Crippen LogP contribution in [-0.4, -0.2) is 39.8 Å². The number of aromatic nitrogens is 2. The van der Waals surface area contributed by atoms with E-state index in [0.29, 0.717) is 5.69 Å². The van der Waals surface area contributed by atoms with Crippen molar-refractivity contribution in [3.8, 4) is 11.4 Å². The Hall–Kier alpha value is -2.97. The van der Waals surface area contributed by atoms with Crippen molar-refractivity contribution in [2.75, 3.05) is 14.1 Å². The number of carbonyl (C=O) groups is 1. The highest BCUT2D eigenvalue weighted by molar-refractivity contribution is 6.29. The third-order valence-corrected chi connectivity index (χ3v) is 4.03. The summed E-state index contributed by atoms with van der Waals surface area (Å²) >= 11 is 5.77. The Bertz CT molecular complexity index is 1080. The van der Waals surface area contributed by atoms with Gasteiger partial charge < -0.3 is 14.7 Å². The molecule has 0 fully saturated rings. The summed E-state index contributed by atoms with van der Waals surface area (Å²) in [6.07, 6.45) is -0.456. The minimum absolute atomic E-state index is 0.0875. The van der Waals surface area contributed by atoms with Crippen LogP contribution >= 0.6 is 11.6 Å². The van der Waals surface area contributed by atoms with Gasteiger partial charge in [-0.25, -0.2) is 14.2 Å². The van der Waals surface area contributed by atoms with Crippen molar-refractivity contribution in [1.82, 2.24) is 14.5 Å². The van der Waals surface area contributed by atoms with Gasteiger partial charge in [0.2, 0.25) is 5.43 Å². The molecule has 0 amide bonds. The van der Waals surface area contributed by atoms with E-state index < -0.39 is 28.3 Å². The van der Waals surface area contributed by atoms with E-state index in [-0.39, 0.29) is 11.0 Å². The van der Waals surface area contributed by atoms with Crippen LogP contribution in [0.5, 0.6) is 5.75 Å². The van der Waals surface area contributed by atoms with Crippen LogP contribution in [0.1, 0.15) is 5.56 Å². The zero-order valence-electron chi connectivity index (χ0n) is 14.4. The molecule has 0 saturated heterocycles. The number of rotatable bonds is 4. The summed E-state index contributed by atoms with van der Waals surface area (Å²) in [4.78, 5) is 29.3. The first-order valence-electron chi connectivity index (χ1n) is 7.82. The van der Waals surface area contributed by atoms with E-state index in [1.54, 1.807) is 12.1 Å². The molecule has 0 saturated carbocycles. The molecule has 0 aliphatic heterocycles. The highest BCUT2D eigenvalue weighted by atomic mass is 35.5. The maximum atomic E-state index is 13.8. The first-order valence-corrected chi connectivity index (χ1v) is 8.20. The second-order valence-electron chi connectivity index (χ2n) is 6.10. The summed E-state index contributed by atoms with van der Waals surface area (Å²) in [5.41, 5.74) is 0.918. The summed E-state index contributed by atoms with van der Waals surface area (Å²) < 4.78 is 19.8. The largest absolute Gasteiger partial charge is 0.511 e. The minimum Gasteiger partial charge on any atom is -0.449 e. The lowest BCUT2D eigenvalue weighted by Crippen LogP contribution is -2.17. The van der Waals surface area contributed by atoms with Crippen LogP contribution in [0, 0.1) is 5.82 Å². The van der Waals surface area contributed by atoms with Crippen molar-refractivity contribution in [2.24, 2.45) is 0 Å². The first kappa shape index (κ1) is 18.8. The van der Waals surface area contributed by atoms with E-state index in [2.05, 4.69) is 9.72 Å². The van der Waals surface area contributed by atoms with Gasteiger partial charge in [0.05, 0.1) is 11.6 Å². The molecule has 1 N–H and O–H groups in total. The van der Waals surface area contributed by atoms with Gasteiger partial charge in [-0.1, -0.05) is 23.7 Å². The Balaban J connectivity index is 2.24. The molecule has 2 aromatic heterocycles. The van der Waals surface area contributed by atoms with Crippen LogP contribution in [0.15, 0.2) is 41.3 Å². The molecule has 0 bridgehead atoms. The first-order chi connectivity index (χ1) is 12.8. The normalized spacial score (nSPS) is 11.1. The van der Waals surface area contributed by atoms with Crippen molar-refractivity contribution in [3.63, 3.8) is 0 Å². The van der Waals surface area contributed by atoms with Gasteiger partial charge >= 0.3 is 6.16 Å². The third-order valence-electron chi connectivity index (χ3n) is 3.77. The molecule has 0 aliphatic carbocycles. The number of hydrogen-bond donors (Lipinski definition) is 1. The number of ether oxygens (including phenoxy) is 1. The van der Waals surface area contributed by atoms with Crippen molar-refractivity contribution in [1.29, 1.82) is 0 Å². The number of fused-ring (bicyclic) bond motifs is 1. The Morgan fingerprint density at radius 1 is 1.33 bits per heavy atom. The van der Waals surface area contributed by atoms with Crippen LogP contribution in [-0.2, 0) is 6.54 Å². The maximum Gasteiger partial charge on any atom is 0.511 e. The topological polar surface area (TPSA) is 84.7 Å². The van der Waals surface area contributed by atoms with Crippen LogP contribution < -0.4 is 10.2 Å². The van der Waals surface area contributed by atoms with Gasteiger partial charge in [0, 0.05) is 12.2 Å². The van der Waals surface area contributed by atoms with Gasteiger partial charge in [0.15, 0.2) is 22.4 Å². The number of nitrogens with zero attached hydrogens (tertiary/aromatic N) is 3. The third kappa shape index (κ3) is 3.91. The second-order valence-corrected chi connectivity index (χ2v) is 6.45. The second kappa shape index (κ2) is 7.34. The van der Waals surface area contributed by atoms with Gasteiger partial charge in [-0.3, -0.25) is 9.36 Å². The molecule has 0 spiro atoms. The summed E-state index contributed by atoms with van der Waals surface area (Å²) in [6, 6.07) is 8.21. The summed E-state index contributed by atoms with van der Waals surface area (Å²) in [5.74, 6) is -1.35. The molecule has 3 rings (SSSR count). The van der Waals surface area contributed by atoms with Crippen LogP contribution in [0.2, 0.25) is 5.15 Å². The smallest absolute Gasteiger partial charge is 0.449 e. The van der Waals surface area contributed by atoms with E-state index in [9.17, 15) is 14.0 Å². The Morgan fingerprint density at radius 2 is 2.00 bits per heavy atom. The lowest BCUT2D eigenvalue weighted by molar-refractivity contribution is 0.144. The van der Waals surface area contributed by atoms with E-state index >= 15 is 0 Å². The van der Waals surface area contributed by atoms with Crippen LogP contribution in [0.25, 0.3) is 16.7 Å². The fraction of sp³-hybridized carbons (Fsp3) is 0.167. The molecule has 0 atom stereocenters. The predicted molar refractivity (Wildman–Crippen MR) is 98.4 cm³/mol. The van der Waals surface area contributed by atoms with Crippen LogP contribution in [0.3, 0.4) is 0 Å². The number of halogens is 2. The summed E-state index contributed by atoms with van der Waals surface area (Å²) in [7, 11) is 3.89. The van der Waals surface area contributed by atoms with Crippen LogP contribution in [0.4, 0.5) is 9.18 Å². The highest BCUT2D eigenvalue weighted by Crippen LogP contribution is 2.23. The van der Waals surface area contributed by atoms with Gasteiger partial charge in [-0.2, -0.15) is 0 Å². The Kier molecular flexibility index (Phi) is 5.11. The van der Waals surface area contributed by atoms with Crippen molar-refractivity contribution in [3.05, 3.63) is 63.3 Å². The van der Waals surface area contributed by atoms with Crippen molar-refractivity contribution < 1.29 is 19.0 Å². The fourth-order valence-electron chi connectivity index (χ4n) is 2.67. The standard InChI is InChI=1S/C18H15ClFN3O4/c1-22(2)8-10-3-5-11(6-4-10)23-9-14(27-18(25)26)15(24)12-7-13(20)16(19)21-17(12)23/h3-7,9H,8H2,1-2H3,(H,25,26). The lowest BCUT2D eigenvalue weighted by atomic mass is 10.2. The molecule has 27 heavy (non-hydrogen) atoms. The SMILES string of the molecule is CN(C)Cc1ccc(-n2cc(OC(=O)O)c(=O)c3cc(F)c(Cl)nc32)cc1. The fourth-order valence-corrected chi connectivity index (χ4v) is 2.80. The zero-order chi connectivity index (χ0) is 19.7. The van der Waals surface area contributed by atoms with E-state index in [4.69, 9.17) is 16.7 Å². The highest BCUT2D eigenvalue weighted by Gasteiger charge is 2.17. The zero-order valence-corrected chi connectivity index (χ0v) is 15.2. The van der Waals surface area contributed by atoms with Crippen molar-refractivity contribution in [2.45, 2.75) is 6.54 Å². The molecule has 9 heteroatoms. The van der Waals surface area contributed by atoms with Crippen molar-refractivity contribution >= 4 is 28.8 Å². The van der Waals surface area contributed by atoms with Gasteiger partial charge in [-0.15, -0.1) is 0 Å². The van der Waals surface area contributed by atoms with Gasteiger partial charge in [0.1, 0.15) is 0 Å². The number of benzene rings is 1. The summed E-state index contributed by atoms with van der Waals surface area (Å²) in [5, 5.41) is 8.32. The number of hydrogen-bond acceptors (Lipinski definition) is 5. The molecule has 2 heterocycles. The molecule has 7 nitrogen and oxygen atoms in total. The Labute approximate surface area is 158 Å². The quantitative estimate of drug-likeness (QED) is 0.542. The Morgan fingerprint density at radius 3 is 2.59 bits per heavy atom. The maximum absolute atomic E-state index is 13.8. The molecule has 0 radical (unpaired) electrons. The molecule has 0 aliphatic rings. The number of carboxylic acid groups (broad SMARTS) is 1. The summed E-state index contributed by atoms with van der Waals surface area (Å²) in [6.45, 7) is 0.730. The van der Waals surface area contributed by atoms with Gasteiger partial charge in [-0.05, 0) is 37.9 Å². The van der Waals surface area contributed by atoms with Gasteiger partial charge in [0.25, 0.3) is 0 Å². The molecule has 0 unspecified atom stereocenters. The molecular formula is C18H15ClFN3O4. The number of pyridine rings is 2. The van der Waals surface area contributed by atoms with E-state index in [0.717, 1.165) is 18.2 Å². The monoisotopic (exact) mass is 391 g/mol. The van der Waals surface area contributed by atoms with E-state index in [1.165, 1.54) is 10.8 Å². The van der Waals surface area contributed by atoms with E-state index in [1.807, 2.05) is 31.1 Å². The molecule has 140 valence electrons.